The van der Waals surface area contributed by atoms with Gasteiger partial charge in [-0.25, -0.2) is 8.42 Å². The molecule has 136 valence electrons. The van der Waals surface area contributed by atoms with E-state index in [0.29, 0.717) is 19.0 Å². The van der Waals surface area contributed by atoms with Crippen LogP contribution in [-0.2, 0) is 10.0 Å². The molecule has 0 saturated carbocycles. The number of piperidine rings is 1. The summed E-state index contributed by atoms with van der Waals surface area (Å²) in [6, 6.07) is 3.73. The second-order valence-electron chi connectivity index (χ2n) is 5.50. The van der Waals surface area contributed by atoms with Crippen LogP contribution in [0.2, 0.25) is 0 Å². The Hall–Kier alpha value is -1.42. The Morgan fingerprint density at radius 2 is 2.00 bits per heavy atom. The number of ether oxygens (including phenoxy) is 1. The lowest BCUT2D eigenvalue weighted by Crippen LogP contribution is -2.40. The van der Waals surface area contributed by atoms with E-state index in [-0.39, 0.29) is 28.7 Å². The van der Waals surface area contributed by atoms with E-state index in [9.17, 15) is 18.5 Å². The van der Waals surface area contributed by atoms with Crippen molar-refractivity contribution >= 4 is 28.1 Å². The zero-order valence-corrected chi connectivity index (χ0v) is 15.2. The topological polar surface area (TPSA) is 102 Å². The van der Waals surface area contributed by atoms with Crippen LogP contribution >= 0.6 is 12.4 Å². The minimum absolute atomic E-state index is 0. The Morgan fingerprint density at radius 3 is 2.50 bits per heavy atom. The average molecular weight is 380 g/mol. The fourth-order valence-corrected chi connectivity index (χ4v) is 4.25. The molecule has 0 atom stereocenters. The van der Waals surface area contributed by atoms with Crippen molar-refractivity contribution in [2.45, 2.75) is 17.7 Å². The third-order valence-corrected chi connectivity index (χ3v) is 5.95. The van der Waals surface area contributed by atoms with Gasteiger partial charge in [0.25, 0.3) is 0 Å². The highest BCUT2D eigenvalue weighted by atomic mass is 35.5. The van der Waals surface area contributed by atoms with Crippen LogP contribution in [-0.4, -0.2) is 51.4 Å². The molecular formula is C14H22ClN3O5S. The number of nitrogens with one attached hydrogen (secondary N) is 1. The van der Waals surface area contributed by atoms with Gasteiger partial charge in [-0.2, -0.15) is 4.31 Å². The molecule has 1 fully saturated rings. The maximum absolute atomic E-state index is 12.7. The molecule has 0 bridgehead atoms. The number of methoxy groups -OCH3 is 1. The molecule has 0 unspecified atom stereocenters. The van der Waals surface area contributed by atoms with Crippen molar-refractivity contribution in [1.29, 1.82) is 0 Å². The summed E-state index contributed by atoms with van der Waals surface area (Å²) in [5.74, 6) is 0.498. The first-order valence-corrected chi connectivity index (χ1v) is 8.81. The van der Waals surface area contributed by atoms with E-state index in [1.54, 1.807) is 0 Å². The van der Waals surface area contributed by atoms with Gasteiger partial charge in [0.2, 0.25) is 10.0 Å². The number of nitrogens with zero attached hydrogens (tertiary/aromatic N) is 2. The molecule has 1 aromatic carbocycles. The minimum Gasteiger partial charge on any atom is -0.490 e. The van der Waals surface area contributed by atoms with Gasteiger partial charge in [0.05, 0.1) is 16.9 Å². The van der Waals surface area contributed by atoms with E-state index in [1.807, 2.05) is 7.05 Å². The fourth-order valence-electron chi connectivity index (χ4n) is 2.76. The van der Waals surface area contributed by atoms with E-state index in [1.165, 1.54) is 23.5 Å². The maximum atomic E-state index is 12.7. The predicted octanol–water partition coefficient (Wildman–Crippen LogP) is 1.65. The summed E-state index contributed by atoms with van der Waals surface area (Å²) in [6.45, 7) is 1.71. The number of sulfonamides is 1. The van der Waals surface area contributed by atoms with Crippen LogP contribution in [0.3, 0.4) is 0 Å². The number of rotatable bonds is 6. The molecule has 1 aliphatic heterocycles. The second kappa shape index (κ2) is 8.61. The first-order chi connectivity index (χ1) is 10.9. The number of nitro benzene ring substituents is 1. The van der Waals surface area contributed by atoms with Crippen molar-refractivity contribution in [2.75, 3.05) is 33.8 Å². The summed E-state index contributed by atoms with van der Waals surface area (Å²) in [6.07, 6.45) is 1.55. The van der Waals surface area contributed by atoms with E-state index < -0.39 is 14.9 Å². The molecule has 10 heteroatoms. The van der Waals surface area contributed by atoms with Gasteiger partial charge in [-0.1, -0.05) is 0 Å². The van der Waals surface area contributed by atoms with Gasteiger partial charge >= 0.3 is 5.69 Å². The number of hydrogen-bond acceptors (Lipinski definition) is 6. The molecule has 8 nitrogen and oxygen atoms in total. The number of nitro groups is 1. The summed E-state index contributed by atoms with van der Waals surface area (Å²) in [5.41, 5.74) is -0.348. The average Bonchev–Trinajstić information content (AvgIpc) is 2.55. The fraction of sp³-hybridized carbons (Fsp3) is 0.571. The molecule has 0 spiro atoms. The van der Waals surface area contributed by atoms with Crippen LogP contribution in [0.4, 0.5) is 5.69 Å². The summed E-state index contributed by atoms with van der Waals surface area (Å²) >= 11 is 0. The van der Waals surface area contributed by atoms with Gasteiger partial charge in [0, 0.05) is 19.2 Å². The molecular weight excluding hydrogens is 358 g/mol. The highest BCUT2D eigenvalue weighted by molar-refractivity contribution is 7.89. The van der Waals surface area contributed by atoms with Gasteiger partial charge < -0.3 is 10.1 Å². The Kier molecular flexibility index (Phi) is 7.40. The highest BCUT2D eigenvalue weighted by Gasteiger charge is 2.31. The van der Waals surface area contributed by atoms with Crippen LogP contribution in [0.25, 0.3) is 0 Å². The van der Waals surface area contributed by atoms with E-state index >= 15 is 0 Å². The van der Waals surface area contributed by atoms with Gasteiger partial charge in [0.1, 0.15) is 0 Å². The van der Waals surface area contributed by atoms with Crippen molar-refractivity contribution in [2.24, 2.45) is 5.92 Å². The lowest BCUT2D eigenvalue weighted by molar-refractivity contribution is -0.386. The molecule has 1 N–H and O–H groups in total. The van der Waals surface area contributed by atoms with Crippen LogP contribution in [0.5, 0.6) is 5.75 Å². The zero-order valence-electron chi connectivity index (χ0n) is 13.6. The monoisotopic (exact) mass is 379 g/mol. The van der Waals surface area contributed by atoms with E-state index in [2.05, 4.69) is 5.32 Å². The molecule has 0 aliphatic carbocycles. The first kappa shape index (κ1) is 20.6. The quantitative estimate of drug-likeness (QED) is 0.595. The number of benzene rings is 1. The standard InChI is InChI=1S/C14H21N3O5S.ClH/c1-15-10-11-5-7-16(8-6-11)23(20,21)12-3-4-14(22-2)13(9-12)17(18)19;/h3-4,9,11,15H,5-8,10H2,1-2H3;1H. The van der Waals surface area contributed by atoms with Crippen molar-refractivity contribution in [1.82, 2.24) is 9.62 Å². The van der Waals surface area contributed by atoms with Crippen LogP contribution in [0.1, 0.15) is 12.8 Å². The predicted molar refractivity (Wildman–Crippen MR) is 92.3 cm³/mol. The van der Waals surface area contributed by atoms with Crippen LogP contribution < -0.4 is 10.1 Å². The Balaban J connectivity index is 0.00000288. The van der Waals surface area contributed by atoms with Crippen molar-refractivity contribution < 1.29 is 18.1 Å². The SMILES string of the molecule is CNCC1CCN(S(=O)(=O)c2ccc(OC)c([N+](=O)[O-])c2)CC1.Cl. The first-order valence-electron chi connectivity index (χ1n) is 7.37. The van der Waals surface area contributed by atoms with Crippen molar-refractivity contribution in [3.63, 3.8) is 0 Å². The normalized spacial score (nSPS) is 16.4. The van der Waals surface area contributed by atoms with Gasteiger partial charge in [-0.05, 0) is 44.5 Å². The molecule has 0 radical (unpaired) electrons. The van der Waals surface area contributed by atoms with Crippen LogP contribution in [0.15, 0.2) is 23.1 Å². The summed E-state index contributed by atoms with van der Waals surface area (Å²) < 4.78 is 31.6. The Labute approximate surface area is 147 Å². The van der Waals surface area contributed by atoms with Crippen LogP contribution in [0, 0.1) is 16.0 Å². The molecule has 0 aromatic heterocycles. The number of hydrogen-bond donors (Lipinski definition) is 1. The van der Waals surface area contributed by atoms with Gasteiger partial charge in [0.15, 0.2) is 5.75 Å². The molecule has 1 heterocycles. The molecule has 0 amide bonds. The summed E-state index contributed by atoms with van der Waals surface area (Å²) in [4.78, 5) is 10.3. The Bertz CT molecular complexity index is 675. The van der Waals surface area contributed by atoms with Gasteiger partial charge in [-0.3, -0.25) is 10.1 Å². The summed E-state index contributed by atoms with van der Waals surface area (Å²) in [5, 5.41) is 14.2. The molecule has 1 aliphatic rings. The van der Waals surface area contributed by atoms with E-state index in [4.69, 9.17) is 4.74 Å². The zero-order chi connectivity index (χ0) is 17.0. The van der Waals surface area contributed by atoms with Crippen molar-refractivity contribution in [3.05, 3.63) is 28.3 Å². The molecule has 1 aromatic rings. The number of halogens is 1. The smallest absolute Gasteiger partial charge is 0.312 e. The lowest BCUT2D eigenvalue weighted by Gasteiger charge is -2.31. The Morgan fingerprint density at radius 1 is 1.38 bits per heavy atom. The lowest BCUT2D eigenvalue weighted by atomic mass is 9.98. The molecule has 2 rings (SSSR count). The maximum Gasteiger partial charge on any atom is 0.312 e. The minimum atomic E-state index is -3.73. The van der Waals surface area contributed by atoms with Crippen molar-refractivity contribution in [3.8, 4) is 5.75 Å². The third kappa shape index (κ3) is 4.35. The largest absolute Gasteiger partial charge is 0.490 e. The molecule has 1 saturated heterocycles. The molecule has 24 heavy (non-hydrogen) atoms. The summed E-state index contributed by atoms with van der Waals surface area (Å²) in [7, 11) is -0.545. The third-order valence-electron chi connectivity index (χ3n) is 4.05. The van der Waals surface area contributed by atoms with Gasteiger partial charge in [-0.15, -0.1) is 12.4 Å². The van der Waals surface area contributed by atoms with E-state index in [0.717, 1.165) is 25.5 Å². The second-order valence-corrected chi connectivity index (χ2v) is 7.43. The highest BCUT2D eigenvalue weighted by Crippen LogP contribution is 2.31.